The van der Waals surface area contributed by atoms with E-state index >= 15 is 0 Å². The smallest absolute Gasteiger partial charge is 0.389 e. The molecular weight excluding hydrogens is 247 g/mol. The number of aromatic nitrogens is 2. The molecule has 18 heavy (non-hydrogen) atoms. The molecule has 0 fully saturated rings. The van der Waals surface area contributed by atoms with E-state index < -0.39 is 12.6 Å². The van der Waals surface area contributed by atoms with Crippen molar-refractivity contribution in [2.45, 2.75) is 45.8 Å². The number of anilines is 1. The van der Waals surface area contributed by atoms with Gasteiger partial charge in [0.05, 0.1) is 12.3 Å². The van der Waals surface area contributed by atoms with Crippen LogP contribution in [0, 0.1) is 6.92 Å². The fourth-order valence-electron chi connectivity index (χ4n) is 1.53. The number of hydrogen-bond donors (Lipinski definition) is 1. The van der Waals surface area contributed by atoms with E-state index in [2.05, 4.69) is 5.10 Å². The summed E-state index contributed by atoms with van der Waals surface area (Å²) in [7, 11) is 0. The van der Waals surface area contributed by atoms with Gasteiger partial charge in [0, 0.05) is 13.0 Å². The SMILES string of the molecule is CCCn1nc(C)c(N)c1OCCCC(F)(F)F. The molecule has 1 aromatic heterocycles. The van der Waals surface area contributed by atoms with Crippen LogP contribution in [0.3, 0.4) is 0 Å². The predicted octanol–water partition coefficient (Wildman–Crippen LogP) is 2.91. The molecule has 0 amide bonds. The molecule has 0 aliphatic rings. The average Bonchev–Trinajstić information content (AvgIpc) is 2.50. The lowest BCUT2D eigenvalue weighted by Gasteiger charge is -2.10. The van der Waals surface area contributed by atoms with Crippen LogP contribution in [0.25, 0.3) is 0 Å². The third-order valence-corrected chi connectivity index (χ3v) is 2.40. The first-order valence-corrected chi connectivity index (χ1v) is 5.87. The Bertz CT molecular complexity index is 388. The molecule has 0 bridgehead atoms. The van der Waals surface area contributed by atoms with E-state index in [4.69, 9.17) is 10.5 Å². The fourth-order valence-corrected chi connectivity index (χ4v) is 1.53. The van der Waals surface area contributed by atoms with Gasteiger partial charge < -0.3 is 10.5 Å². The van der Waals surface area contributed by atoms with Gasteiger partial charge in [-0.3, -0.25) is 0 Å². The van der Waals surface area contributed by atoms with Crippen LogP contribution in [-0.2, 0) is 6.54 Å². The van der Waals surface area contributed by atoms with Crippen LogP contribution in [0.4, 0.5) is 18.9 Å². The Morgan fingerprint density at radius 1 is 1.39 bits per heavy atom. The van der Waals surface area contributed by atoms with Gasteiger partial charge in [-0.05, 0) is 19.8 Å². The third-order valence-electron chi connectivity index (χ3n) is 2.40. The molecule has 2 N–H and O–H groups in total. The minimum Gasteiger partial charge on any atom is -0.476 e. The van der Waals surface area contributed by atoms with Crippen molar-refractivity contribution in [3.05, 3.63) is 5.69 Å². The second-order valence-electron chi connectivity index (χ2n) is 4.09. The van der Waals surface area contributed by atoms with Crippen molar-refractivity contribution in [2.75, 3.05) is 12.3 Å². The topological polar surface area (TPSA) is 53.1 Å². The van der Waals surface area contributed by atoms with E-state index in [0.29, 0.717) is 23.8 Å². The maximum absolute atomic E-state index is 12.0. The number of rotatable bonds is 6. The van der Waals surface area contributed by atoms with E-state index in [1.165, 1.54) is 0 Å². The molecule has 1 aromatic rings. The van der Waals surface area contributed by atoms with Crippen LogP contribution in [0.2, 0.25) is 0 Å². The Hall–Kier alpha value is -1.40. The molecule has 0 atom stereocenters. The van der Waals surface area contributed by atoms with Gasteiger partial charge in [-0.1, -0.05) is 6.92 Å². The highest BCUT2D eigenvalue weighted by atomic mass is 19.4. The monoisotopic (exact) mass is 265 g/mol. The summed E-state index contributed by atoms with van der Waals surface area (Å²) >= 11 is 0. The van der Waals surface area contributed by atoms with Gasteiger partial charge in [-0.15, -0.1) is 0 Å². The molecule has 4 nitrogen and oxygen atoms in total. The third kappa shape index (κ3) is 4.12. The molecule has 1 heterocycles. The van der Waals surface area contributed by atoms with Gasteiger partial charge in [0.15, 0.2) is 0 Å². The Kier molecular flexibility index (Phi) is 4.86. The highest BCUT2D eigenvalue weighted by molar-refractivity contribution is 5.52. The van der Waals surface area contributed by atoms with Crippen LogP contribution < -0.4 is 10.5 Å². The maximum Gasteiger partial charge on any atom is 0.389 e. The van der Waals surface area contributed by atoms with Crippen molar-refractivity contribution >= 4 is 5.69 Å². The van der Waals surface area contributed by atoms with Gasteiger partial charge in [0.2, 0.25) is 5.88 Å². The lowest BCUT2D eigenvalue weighted by molar-refractivity contribution is -0.136. The molecular formula is C11H18F3N3O. The van der Waals surface area contributed by atoms with E-state index in [1.54, 1.807) is 11.6 Å². The number of nitrogens with two attached hydrogens (primary N) is 1. The number of hydrogen-bond acceptors (Lipinski definition) is 3. The van der Waals surface area contributed by atoms with Crippen LogP contribution in [0.5, 0.6) is 5.88 Å². The minimum atomic E-state index is -4.14. The normalized spacial score (nSPS) is 11.8. The second kappa shape index (κ2) is 5.97. The minimum absolute atomic E-state index is 0.0153. The lowest BCUT2D eigenvalue weighted by atomic mass is 10.3. The Balaban J connectivity index is 2.55. The van der Waals surface area contributed by atoms with Gasteiger partial charge in [-0.25, -0.2) is 4.68 Å². The molecule has 7 heteroatoms. The highest BCUT2D eigenvalue weighted by Crippen LogP contribution is 2.26. The summed E-state index contributed by atoms with van der Waals surface area (Å²) in [4.78, 5) is 0. The second-order valence-corrected chi connectivity index (χ2v) is 4.09. The molecule has 0 aliphatic carbocycles. The molecule has 0 aromatic carbocycles. The quantitative estimate of drug-likeness (QED) is 0.805. The summed E-state index contributed by atoms with van der Waals surface area (Å²) in [6.07, 6.45) is -4.24. The molecule has 0 spiro atoms. The summed E-state index contributed by atoms with van der Waals surface area (Å²) < 4.78 is 42.8. The molecule has 0 radical (unpaired) electrons. The molecule has 0 saturated heterocycles. The number of nitrogens with zero attached hydrogens (tertiary/aromatic N) is 2. The van der Waals surface area contributed by atoms with Crippen molar-refractivity contribution in [1.82, 2.24) is 9.78 Å². The van der Waals surface area contributed by atoms with Gasteiger partial charge in [0.25, 0.3) is 0 Å². The number of aryl methyl sites for hydroxylation is 2. The standard InChI is InChI=1S/C11H18F3N3O/c1-3-6-17-10(9(15)8(2)16-17)18-7-4-5-11(12,13)14/h3-7,15H2,1-2H3. The first kappa shape index (κ1) is 14.7. The zero-order valence-electron chi connectivity index (χ0n) is 10.5. The maximum atomic E-state index is 12.0. The van der Waals surface area contributed by atoms with Crippen LogP contribution >= 0.6 is 0 Å². The summed E-state index contributed by atoms with van der Waals surface area (Å²) in [5.74, 6) is 0.372. The van der Waals surface area contributed by atoms with Crippen molar-refractivity contribution in [3.8, 4) is 5.88 Å². The number of alkyl halides is 3. The van der Waals surface area contributed by atoms with E-state index in [-0.39, 0.29) is 13.0 Å². The van der Waals surface area contributed by atoms with Gasteiger partial charge in [0.1, 0.15) is 5.69 Å². The highest BCUT2D eigenvalue weighted by Gasteiger charge is 2.26. The van der Waals surface area contributed by atoms with Crippen molar-refractivity contribution < 1.29 is 17.9 Å². The first-order chi connectivity index (χ1) is 8.35. The Labute approximate surface area is 104 Å². The molecule has 0 unspecified atom stereocenters. The summed E-state index contributed by atoms with van der Waals surface area (Å²) in [5.41, 5.74) is 6.80. The predicted molar refractivity (Wildman–Crippen MR) is 62.5 cm³/mol. The van der Waals surface area contributed by atoms with E-state index in [9.17, 15) is 13.2 Å². The van der Waals surface area contributed by atoms with Crippen LogP contribution in [0.15, 0.2) is 0 Å². The first-order valence-electron chi connectivity index (χ1n) is 5.87. The summed E-state index contributed by atoms with van der Waals surface area (Å²) in [5, 5.41) is 4.17. The number of ether oxygens (including phenoxy) is 1. The van der Waals surface area contributed by atoms with E-state index in [1.807, 2.05) is 6.92 Å². The summed E-state index contributed by atoms with van der Waals surface area (Å²) in [6.45, 7) is 4.33. The van der Waals surface area contributed by atoms with Crippen LogP contribution in [0.1, 0.15) is 31.9 Å². The van der Waals surface area contributed by atoms with Gasteiger partial charge >= 0.3 is 6.18 Å². The van der Waals surface area contributed by atoms with Crippen molar-refractivity contribution in [3.63, 3.8) is 0 Å². The van der Waals surface area contributed by atoms with Crippen molar-refractivity contribution in [2.24, 2.45) is 0 Å². The van der Waals surface area contributed by atoms with Crippen LogP contribution in [-0.4, -0.2) is 22.6 Å². The molecule has 0 saturated carbocycles. The molecule has 104 valence electrons. The number of nitrogen functional groups attached to an aromatic ring is 1. The zero-order valence-corrected chi connectivity index (χ0v) is 10.5. The van der Waals surface area contributed by atoms with E-state index in [0.717, 1.165) is 6.42 Å². The summed E-state index contributed by atoms with van der Waals surface area (Å²) in [6, 6.07) is 0. The Morgan fingerprint density at radius 3 is 2.61 bits per heavy atom. The van der Waals surface area contributed by atoms with Crippen molar-refractivity contribution in [1.29, 1.82) is 0 Å². The molecule has 0 aliphatic heterocycles. The average molecular weight is 265 g/mol. The zero-order chi connectivity index (χ0) is 13.8. The Morgan fingerprint density at radius 2 is 2.06 bits per heavy atom. The fraction of sp³-hybridized carbons (Fsp3) is 0.727. The number of halogens is 3. The molecule has 1 rings (SSSR count). The van der Waals surface area contributed by atoms with Gasteiger partial charge in [-0.2, -0.15) is 18.3 Å². The lowest BCUT2D eigenvalue weighted by Crippen LogP contribution is -2.11. The largest absolute Gasteiger partial charge is 0.476 e.